The Bertz CT molecular complexity index is 1500. The standard InChI is InChI=1S/C29H30ClN5O6/c30-22-7-5-21(6-8-22)29(37)13-17-34(18-14-29)16-1-2-26(36)20-3-9-23(10-4-20)40-19-15-31-24-11-12-25(35(38)39)28-27(24)32-41-33-28/h3-12,31,37H,1-2,13-19H2. The molecule has 12 heteroatoms. The molecule has 0 saturated carbocycles. The van der Waals surface area contributed by atoms with Gasteiger partial charge in [0.1, 0.15) is 12.4 Å². The molecule has 0 atom stereocenters. The van der Waals surface area contributed by atoms with Crippen LogP contribution < -0.4 is 10.1 Å². The molecule has 1 saturated heterocycles. The highest BCUT2D eigenvalue weighted by atomic mass is 35.5. The van der Waals surface area contributed by atoms with Gasteiger partial charge in [-0.25, -0.2) is 4.63 Å². The van der Waals surface area contributed by atoms with Gasteiger partial charge in [-0.1, -0.05) is 23.7 Å². The highest BCUT2D eigenvalue weighted by Gasteiger charge is 2.33. The molecule has 11 nitrogen and oxygen atoms in total. The van der Waals surface area contributed by atoms with Gasteiger partial charge in [0, 0.05) is 42.7 Å². The Balaban J connectivity index is 1.02. The third kappa shape index (κ3) is 6.82. The van der Waals surface area contributed by atoms with Crippen molar-refractivity contribution in [3.63, 3.8) is 0 Å². The molecule has 0 radical (unpaired) electrons. The second-order valence-corrected chi connectivity index (χ2v) is 10.5. The minimum Gasteiger partial charge on any atom is -0.492 e. The number of hydrogen-bond acceptors (Lipinski definition) is 10. The smallest absolute Gasteiger partial charge is 0.300 e. The van der Waals surface area contributed by atoms with Crippen molar-refractivity contribution in [1.82, 2.24) is 15.2 Å². The number of nitrogens with zero attached hydrogens (tertiary/aromatic N) is 4. The summed E-state index contributed by atoms with van der Waals surface area (Å²) in [5.74, 6) is 0.707. The third-order valence-corrected chi connectivity index (χ3v) is 7.65. The molecule has 5 rings (SSSR count). The number of fused-ring (bicyclic) bond motifs is 1. The number of non-ortho nitro benzene ring substituents is 1. The fourth-order valence-corrected chi connectivity index (χ4v) is 5.16. The summed E-state index contributed by atoms with van der Waals surface area (Å²) < 4.78 is 10.4. The first-order valence-electron chi connectivity index (χ1n) is 13.4. The second-order valence-electron chi connectivity index (χ2n) is 10.1. The first-order valence-corrected chi connectivity index (χ1v) is 13.8. The van der Waals surface area contributed by atoms with E-state index in [9.17, 15) is 20.0 Å². The first kappa shape index (κ1) is 28.5. The summed E-state index contributed by atoms with van der Waals surface area (Å²) in [6.07, 6.45) is 2.49. The number of aromatic nitrogens is 2. The van der Waals surface area contributed by atoms with Crippen molar-refractivity contribution in [1.29, 1.82) is 0 Å². The molecule has 2 heterocycles. The molecule has 41 heavy (non-hydrogen) atoms. The van der Waals surface area contributed by atoms with E-state index in [1.807, 2.05) is 24.3 Å². The number of hydrogen-bond donors (Lipinski definition) is 2. The van der Waals surface area contributed by atoms with Crippen LogP contribution in [0.4, 0.5) is 11.4 Å². The first-order chi connectivity index (χ1) is 19.8. The van der Waals surface area contributed by atoms with Gasteiger partial charge in [0.15, 0.2) is 11.3 Å². The maximum absolute atomic E-state index is 12.7. The molecule has 0 unspecified atom stereocenters. The van der Waals surface area contributed by atoms with Crippen LogP contribution >= 0.6 is 11.6 Å². The molecule has 4 aromatic rings. The molecule has 1 aliphatic heterocycles. The Morgan fingerprint density at radius 2 is 1.78 bits per heavy atom. The zero-order valence-electron chi connectivity index (χ0n) is 22.3. The lowest BCUT2D eigenvalue weighted by molar-refractivity contribution is -0.383. The molecular formula is C29H30ClN5O6. The molecule has 0 spiro atoms. The quantitative estimate of drug-likeness (QED) is 0.0991. The number of Topliss-reactive ketones (excluding diaryl/α,β-unsaturated/α-hetero) is 1. The van der Waals surface area contributed by atoms with Crippen molar-refractivity contribution in [2.45, 2.75) is 31.3 Å². The number of carbonyl (C=O) groups excluding carboxylic acids is 1. The Morgan fingerprint density at radius 3 is 2.49 bits per heavy atom. The van der Waals surface area contributed by atoms with Gasteiger partial charge >= 0.3 is 5.69 Å². The zero-order valence-corrected chi connectivity index (χ0v) is 23.0. The number of piperidine rings is 1. The summed E-state index contributed by atoms with van der Waals surface area (Å²) in [7, 11) is 0. The molecule has 0 aliphatic carbocycles. The lowest BCUT2D eigenvalue weighted by Gasteiger charge is -2.38. The number of ether oxygens (including phenoxy) is 1. The van der Waals surface area contributed by atoms with E-state index in [1.165, 1.54) is 6.07 Å². The summed E-state index contributed by atoms with van der Waals surface area (Å²) in [5, 5.41) is 33.3. The van der Waals surface area contributed by atoms with Crippen molar-refractivity contribution < 1.29 is 24.2 Å². The topological polar surface area (TPSA) is 144 Å². The third-order valence-electron chi connectivity index (χ3n) is 7.40. The number of aliphatic hydroxyl groups is 1. The highest BCUT2D eigenvalue weighted by Crippen LogP contribution is 2.33. The van der Waals surface area contributed by atoms with E-state index in [2.05, 4.69) is 25.2 Å². The molecule has 1 aromatic heterocycles. The molecule has 2 N–H and O–H groups in total. The van der Waals surface area contributed by atoms with Crippen LogP contribution in [0, 0.1) is 10.1 Å². The number of halogens is 1. The van der Waals surface area contributed by atoms with Crippen molar-refractivity contribution in [3.8, 4) is 5.75 Å². The Hall–Kier alpha value is -4.06. The van der Waals surface area contributed by atoms with Gasteiger partial charge in [0.2, 0.25) is 5.52 Å². The van der Waals surface area contributed by atoms with Gasteiger partial charge in [-0.2, -0.15) is 0 Å². The number of nitro groups is 1. The molecule has 214 valence electrons. The van der Waals surface area contributed by atoms with Crippen molar-refractivity contribution in [2.24, 2.45) is 0 Å². The number of nitro benzene ring substituents is 1. The fraction of sp³-hybridized carbons (Fsp3) is 0.345. The van der Waals surface area contributed by atoms with Crippen LogP contribution in [0.5, 0.6) is 5.75 Å². The van der Waals surface area contributed by atoms with Crippen LogP contribution in [0.15, 0.2) is 65.3 Å². The Morgan fingerprint density at radius 1 is 1.07 bits per heavy atom. The van der Waals surface area contributed by atoms with Crippen molar-refractivity contribution >= 4 is 39.8 Å². The van der Waals surface area contributed by atoms with Crippen LogP contribution in [-0.4, -0.2) is 63.8 Å². The number of likely N-dealkylation sites (tertiary alicyclic amines) is 1. The summed E-state index contributed by atoms with van der Waals surface area (Å²) in [5.41, 5.74) is 1.45. The molecule has 1 fully saturated rings. The normalized spacial score (nSPS) is 15.1. The van der Waals surface area contributed by atoms with E-state index < -0.39 is 10.5 Å². The number of benzene rings is 3. The van der Waals surface area contributed by atoms with Crippen LogP contribution in [0.2, 0.25) is 5.02 Å². The number of anilines is 1. The predicted octanol–water partition coefficient (Wildman–Crippen LogP) is 5.22. The van der Waals surface area contributed by atoms with Gasteiger partial charge in [0.25, 0.3) is 0 Å². The summed E-state index contributed by atoms with van der Waals surface area (Å²) in [4.78, 5) is 25.6. The van der Waals surface area contributed by atoms with Gasteiger partial charge in [0.05, 0.1) is 16.2 Å². The number of carbonyl (C=O) groups is 1. The van der Waals surface area contributed by atoms with Crippen LogP contribution in [0.25, 0.3) is 11.0 Å². The SMILES string of the molecule is O=C(CCCN1CCC(O)(c2ccc(Cl)cc2)CC1)c1ccc(OCCNc2ccc([N+](=O)[O-])c3nonc23)cc1. The lowest BCUT2D eigenvalue weighted by Crippen LogP contribution is -2.42. The van der Waals surface area contributed by atoms with Gasteiger partial charge in [-0.3, -0.25) is 14.9 Å². The minimum atomic E-state index is -0.831. The summed E-state index contributed by atoms with van der Waals surface area (Å²) in [6.45, 7) is 3.09. The molecule has 1 aliphatic rings. The Kier molecular flexibility index (Phi) is 8.77. The van der Waals surface area contributed by atoms with Crippen LogP contribution in [0.1, 0.15) is 41.6 Å². The molecular weight excluding hydrogens is 550 g/mol. The Labute approximate surface area is 241 Å². The summed E-state index contributed by atoms with van der Waals surface area (Å²) >= 11 is 5.97. The van der Waals surface area contributed by atoms with Gasteiger partial charge in [-0.05, 0) is 84.1 Å². The van der Waals surface area contributed by atoms with Crippen LogP contribution in [0.3, 0.4) is 0 Å². The number of nitrogens with one attached hydrogen (secondary N) is 1. The number of ketones is 1. The fourth-order valence-electron chi connectivity index (χ4n) is 5.04. The average molecular weight is 580 g/mol. The zero-order chi connectivity index (χ0) is 28.8. The van der Waals surface area contributed by atoms with Crippen molar-refractivity contribution in [3.05, 3.63) is 86.9 Å². The van der Waals surface area contributed by atoms with E-state index in [4.69, 9.17) is 16.3 Å². The largest absolute Gasteiger partial charge is 0.492 e. The second kappa shape index (κ2) is 12.6. The van der Waals surface area contributed by atoms with Crippen molar-refractivity contribution in [2.75, 3.05) is 38.1 Å². The summed E-state index contributed by atoms with van der Waals surface area (Å²) in [6, 6.07) is 17.3. The van der Waals surface area contributed by atoms with Gasteiger partial charge in [-0.15, -0.1) is 0 Å². The lowest BCUT2D eigenvalue weighted by atomic mass is 9.84. The van der Waals surface area contributed by atoms with E-state index >= 15 is 0 Å². The highest BCUT2D eigenvalue weighted by molar-refractivity contribution is 6.30. The van der Waals surface area contributed by atoms with E-state index in [1.54, 1.807) is 30.3 Å². The number of rotatable bonds is 12. The monoisotopic (exact) mass is 579 g/mol. The minimum absolute atomic E-state index is 0.0799. The predicted molar refractivity (Wildman–Crippen MR) is 153 cm³/mol. The van der Waals surface area contributed by atoms with Gasteiger partial charge < -0.3 is 20.1 Å². The maximum atomic E-state index is 12.7. The maximum Gasteiger partial charge on any atom is 0.300 e. The van der Waals surface area contributed by atoms with Crippen LogP contribution in [-0.2, 0) is 5.60 Å². The average Bonchev–Trinajstić information content (AvgIpc) is 3.47. The molecule has 0 amide bonds. The van der Waals surface area contributed by atoms with E-state index in [-0.39, 0.29) is 22.5 Å². The molecule has 3 aromatic carbocycles. The van der Waals surface area contributed by atoms with E-state index in [0.717, 1.165) is 31.6 Å². The molecule has 0 bridgehead atoms. The van der Waals surface area contributed by atoms with E-state index in [0.29, 0.717) is 54.4 Å².